The van der Waals surface area contributed by atoms with Gasteiger partial charge >= 0.3 is 11.9 Å². The predicted octanol–water partition coefficient (Wildman–Crippen LogP) is 7.61. The van der Waals surface area contributed by atoms with Gasteiger partial charge in [0.2, 0.25) is 0 Å². The minimum atomic E-state index is -0.769. The van der Waals surface area contributed by atoms with E-state index in [1.165, 1.54) is 51.4 Å². The zero-order valence-electron chi connectivity index (χ0n) is 22.1. The van der Waals surface area contributed by atoms with Crippen LogP contribution in [0.25, 0.3) is 0 Å². The number of hydrogen-bond donors (Lipinski definition) is 1. The Hall–Kier alpha value is -1.62. The molecule has 0 aliphatic rings. The summed E-state index contributed by atoms with van der Waals surface area (Å²) in [5.41, 5.74) is 0. The van der Waals surface area contributed by atoms with Crippen LogP contribution in [0.2, 0.25) is 0 Å². The molecule has 0 aliphatic heterocycles. The van der Waals surface area contributed by atoms with Gasteiger partial charge in [0.15, 0.2) is 6.10 Å². The topological polar surface area (TPSA) is 72.8 Å². The number of esters is 2. The standard InChI is InChI=1S/C29H52O5/c1-3-5-7-9-10-11-12-13-14-15-16-17-18-20-22-24-29(32)34-27(25-30)26-33-28(31)23-21-19-8-6-4-2/h10-11,13-14,27,30H,3-9,12,15-26H2,1-2H3. The monoisotopic (exact) mass is 480 g/mol. The lowest BCUT2D eigenvalue weighted by atomic mass is 10.1. The molecule has 0 amide bonds. The summed E-state index contributed by atoms with van der Waals surface area (Å²) in [6.45, 7) is 3.98. The summed E-state index contributed by atoms with van der Waals surface area (Å²) >= 11 is 0. The lowest BCUT2D eigenvalue weighted by molar-refractivity contribution is -0.161. The maximum atomic E-state index is 12.0. The van der Waals surface area contributed by atoms with Crippen molar-refractivity contribution in [3.8, 4) is 0 Å². The molecule has 0 bridgehead atoms. The van der Waals surface area contributed by atoms with Crippen LogP contribution in [0.5, 0.6) is 0 Å². The Balaban J connectivity index is 3.63. The molecule has 0 aromatic heterocycles. The summed E-state index contributed by atoms with van der Waals surface area (Å²) in [5, 5.41) is 9.39. The molecule has 198 valence electrons. The first-order valence-electron chi connectivity index (χ1n) is 13.9. The van der Waals surface area contributed by atoms with Crippen LogP contribution >= 0.6 is 0 Å². The molecule has 1 atom stereocenters. The van der Waals surface area contributed by atoms with Crippen molar-refractivity contribution in [1.82, 2.24) is 0 Å². The van der Waals surface area contributed by atoms with Crippen molar-refractivity contribution in [3.63, 3.8) is 0 Å². The van der Waals surface area contributed by atoms with Gasteiger partial charge in [-0.1, -0.05) is 95.9 Å². The fourth-order valence-corrected chi connectivity index (χ4v) is 3.58. The van der Waals surface area contributed by atoms with Crippen LogP contribution in [0, 0.1) is 0 Å². The van der Waals surface area contributed by atoms with Crippen molar-refractivity contribution < 1.29 is 24.2 Å². The first kappa shape index (κ1) is 32.4. The molecule has 0 aliphatic carbocycles. The average Bonchev–Trinajstić information content (AvgIpc) is 2.84. The lowest BCUT2D eigenvalue weighted by Gasteiger charge is -2.15. The van der Waals surface area contributed by atoms with Crippen molar-refractivity contribution in [1.29, 1.82) is 0 Å². The van der Waals surface area contributed by atoms with Crippen molar-refractivity contribution in [3.05, 3.63) is 24.3 Å². The maximum absolute atomic E-state index is 12.0. The van der Waals surface area contributed by atoms with Gasteiger partial charge in [-0.05, 0) is 44.9 Å². The maximum Gasteiger partial charge on any atom is 0.306 e. The number of hydrogen-bond acceptors (Lipinski definition) is 5. The van der Waals surface area contributed by atoms with E-state index in [4.69, 9.17) is 9.47 Å². The molecular formula is C29H52O5. The Morgan fingerprint density at radius 2 is 1.18 bits per heavy atom. The minimum Gasteiger partial charge on any atom is -0.462 e. The van der Waals surface area contributed by atoms with E-state index in [0.29, 0.717) is 12.8 Å². The number of aliphatic hydroxyl groups is 1. The molecule has 0 radical (unpaired) electrons. The molecule has 1 N–H and O–H groups in total. The highest BCUT2D eigenvalue weighted by Crippen LogP contribution is 2.10. The number of rotatable bonds is 24. The lowest BCUT2D eigenvalue weighted by Crippen LogP contribution is -2.28. The fraction of sp³-hybridized carbons (Fsp3) is 0.793. The molecule has 0 spiro atoms. The van der Waals surface area contributed by atoms with Gasteiger partial charge in [-0.25, -0.2) is 0 Å². The number of allylic oxidation sites excluding steroid dienone is 4. The van der Waals surface area contributed by atoms with Crippen LogP contribution in [0.1, 0.15) is 129 Å². The van der Waals surface area contributed by atoms with E-state index < -0.39 is 6.10 Å². The van der Waals surface area contributed by atoms with E-state index in [1.54, 1.807) is 0 Å². The van der Waals surface area contributed by atoms with Crippen LogP contribution in [0.15, 0.2) is 24.3 Å². The largest absolute Gasteiger partial charge is 0.462 e. The molecule has 0 aromatic rings. The quantitative estimate of drug-likeness (QED) is 0.0874. The van der Waals surface area contributed by atoms with Crippen LogP contribution < -0.4 is 0 Å². The second-order valence-electron chi connectivity index (χ2n) is 9.12. The first-order chi connectivity index (χ1) is 16.6. The van der Waals surface area contributed by atoms with Crippen LogP contribution in [0.4, 0.5) is 0 Å². The van der Waals surface area contributed by atoms with Gasteiger partial charge in [0.1, 0.15) is 6.61 Å². The fourth-order valence-electron chi connectivity index (χ4n) is 3.58. The van der Waals surface area contributed by atoms with Crippen molar-refractivity contribution in [2.75, 3.05) is 13.2 Å². The third-order valence-electron chi connectivity index (χ3n) is 5.75. The van der Waals surface area contributed by atoms with Gasteiger partial charge in [0, 0.05) is 12.8 Å². The van der Waals surface area contributed by atoms with E-state index in [2.05, 4.69) is 38.2 Å². The Kier molecular flexibility index (Phi) is 24.8. The summed E-state index contributed by atoms with van der Waals surface area (Å²) in [7, 11) is 0. The first-order valence-corrected chi connectivity index (χ1v) is 13.9. The number of unbranched alkanes of at least 4 members (excludes halogenated alkanes) is 12. The number of carbonyl (C=O) groups excluding carboxylic acids is 2. The summed E-state index contributed by atoms with van der Waals surface area (Å²) < 4.78 is 10.4. The zero-order valence-corrected chi connectivity index (χ0v) is 22.1. The van der Waals surface area contributed by atoms with Crippen LogP contribution in [-0.2, 0) is 19.1 Å². The van der Waals surface area contributed by atoms with Crippen molar-refractivity contribution in [2.24, 2.45) is 0 Å². The van der Waals surface area contributed by atoms with Gasteiger partial charge in [0.25, 0.3) is 0 Å². The van der Waals surface area contributed by atoms with Crippen molar-refractivity contribution in [2.45, 2.75) is 136 Å². The number of ether oxygens (including phenoxy) is 2. The molecule has 34 heavy (non-hydrogen) atoms. The Labute approximate surface area is 209 Å². The van der Waals surface area contributed by atoms with E-state index in [0.717, 1.165) is 51.4 Å². The molecule has 0 fully saturated rings. The summed E-state index contributed by atoms with van der Waals surface area (Å²) in [4.78, 5) is 23.7. The van der Waals surface area contributed by atoms with E-state index in [1.807, 2.05) is 0 Å². The highest BCUT2D eigenvalue weighted by Gasteiger charge is 2.16. The second-order valence-corrected chi connectivity index (χ2v) is 9.12. The number of carbonyl (C=O) groups is 2. The summed E-state index contributed by atoms with van der Waals surface area (Å²) in [5.74, 6) is -0.625. The van der Waals surface area contributed by atoms with Gasteiger partial charge in [0.05, 0.1) is 6.61 Å². The molecule has 0 rings (SSSR count). The SMILES string of the molecule is CCCCCC=CCC=CCCCCCCCC(=O)OC(CO)COC(=O)CCCCCCC. The van der Waals surface area contributed by atoms with E-state index in [-0.39, 0.29) is 25.2 Å². The van der Waals surface area contributed by atoms with E-state index in [9.17, 15) is 14.7 Å². The van der Waals surface area contributed by atoms with Crippen LogP contribution in [0.3, 0.4) is 0 Å². The Morgan fingerprint density at radius 1 is 0.676 bits per heavy atom. The molecule has 0 heterocycles. The molecule has 0 saturated heterocycles. The molecule has 5 nitrogen and oxygen atoms in total. The highest BCUT2D eigenvalue weighted by molar-refractivity contribution is 5.70. The molecular weight excluding hydrogens is 428 g/mol. The predicted molar refractivity (Wildman–Crippen MR) is 141 cm³/mol. The Morgan fingerprint density at radius 3 is 1.79 bits per heavy atom. The van der Waals surface area contributed by atoms with Crippen LogP contribution in [-0.4, -0.2) is 36.4 Å². The van der Waals surface area contributed by atoms with Gasteiger partial charge in [-0.3, -0.25) is 9.59 Å². The second kappa shape index (κ2) is 26.0. The normalized spacial score (nSPS) is 12.4. The minimum absolute atomic E-state index is 0.0712. The van der Waals surface area contributed by atoms with Gasteiger partial charge < -0.3 is 14.6 Å². The molecule has 1 unspecified atom stereocenters. The highest BCUT2D eigenvalue weighted by atomic mass is 16.6. The Bertz CT molecular complexity index is 527. The van der Waals surface area contributed by atoms with E-state index >= 15 is 0 Å². The molecule has 5 heteroatoms. The smallest absolute Gasteiger partial charge is 0.306 e. The summed E-state index contributed by atoms with van der Waals surface area (Å²) in [6.07, 6.45) is 26.8. The van der Waals surface area contributed by atoms with Gasteiger partial charge in [-0.2, -0.15) is 0 Å². The number of aliphatic hydroxyl groups excluding tert-OH is 1. The van der Waals surface area contributed by atoms with Crippen molar-refractivity contribution >= 4 is 11.9 Å². The van der Waals surface area contributed by atoms with Gasteiger partial charge in [-0.15, -0.1) is 0 Å². The molecule has 0 aromatic carbocycles. The average molecular weight is 481 g/mol. The molecule has 0 saturated carbocycles. The summed E-state index contributed by atoms with van der Waals surface area (Å²) in [6, 6.07) is 0. The third-order valence-corrected chi connectivity index (χ3v) is 5.75. The third kappa shape index (κ3) is 23.5. The zero-order chi connectivity index (χ0) is 25.1.